The monoisotopic (exact) mass is 177 g/mol. The van der Waals surface area contributed by atoms with Crippen molar-refractivity contribution in [2.45, 2.75) is 0 Å². The summed E-state index contributed by atoms with van der Waals surface area (Å²) in [6.45, 7) is 0.423. The molecule has 0 aliphatic carbocycles. The normalized spacial score (nSPS) is 19.5. The number of carbonyl (C=O) groups is 1. The fraction of sp³-hybridized carbons (Fsp3) is 0.667. The molecule has 0 aromatic heterocycles. The quantitative estimate of drug-likeness (QED) is 0.525. The molecule has 1 aliphatic heterocycles. The van der Waals surface area contributed by atoms with Gasteiger partial charge in [-0.3, -0.25) is 15.1 Å². The minimum Gasteiger partial charge on any atom is -0.336 e. The SMILES string of the molecule is CCl.CN=C1NC(=O)CN1C. The predicted molar refractivity (Wildman–Crippen MR) is 45.9 cm³/mol. The Balaban J connectivity index is 0.000000461. The van der Waals surface area contributed by atoms with Crippen LogP contribution in [0.15, 0.2) is 4.99 Å². The number of alkyl halides is 1. The van der Waals surface area contributed by atoms with E-state index in [1.165, 1.54) is 6.38 Å². The summed E-state index contributed by atoms with van der Waals surface area (Å²) in [4.78, 5) is 16.2. The van der Waals surface area contributed by atoms with Crippen molar-refractivity contribution < 1.29 is 4.79 Å². The molecule has 1 rings (SSSR count). The van der Waals surface area contributed by atoms with Crippen molar-refractivity contribution in [1.29, 1.82) is 0 Å². The molecule has 4 nitrogen and oxygen atoms in total. The standard InChI is InChI=1S/C5H9N3O.CH3Cl/c1-6-5-7-4(9)3-8(5)2;1-2/h3H2,1-2H3,(H,6,7,9);1H3. The maximum absolute atomic E-state index is 10.6. The lowest BCUT2D eigenvalue weighted by Gasteiger charge is -2.05. The second-order valence-corrected chi connectivity index (χ2v) is 1.95. The lowest BCUT2D eigenvalue weighted by molar-refractivity contribution is -0.118. The summed E-state index contributed by atoms with van der Waals surface area (Å²) in [7, 11) is 3.47. The fourth-order valence-electron chi connectivity index (χ4n) is 0.777. The summed E-state index contributed by atoms with van der Waals surface area (Å²) in [6.07, 6.45) is 1.47. The number of guanidine groups is 1. The largest absolute Gasteiger partial charge is 0.336 e. The van der Waals surface area contributed by atoms with Gasteiger partial charge in [-0.15, -0.1) is 11.6 Å². The van der Waals surface area contributed by atoms with E-state index >= 15 is 0 Å². The Morgan fingerprint density at radius 1 is 1.64 bits per heavy atom. The fourth-order valence-corrected chi connectivity index (χ4v) is 0.777. The number of nitrogens with one attached hydrogen (secondary N) is 1. The van der Waals surface area contributed by atoms with E-state index in [0.29, 0.717) is 12.5 Å². The van der Waals surface area contributed by atoms with E-state index in [9.17, 15) is 4.79 Å². The minimum atomic E-state index is 0.0121. The molecule has 1 heterocycles. The molecule has 1 saturated heterocycles. The van der Waals surface area contributed by atoms with Crippen LogP contribution in [0, 0.1) is 0 Å². The van der Waals surface area contributed by atoms with Crippen molar-refractivity contribution in [3.8, 4) is 0 Å². The molecule has 1 N–H and O–H groups in total. The highest BCUT2D eigenvalue weighted by molar-refractivity contribution is 6.15. The second kappa shape index (κ2) is 4.96. The molecule has 1 amide bonds. The Hall–Kier alpha value is -0.770. The molecule has 0 spiro atoms. The maximum atomic E-state index is 10.6. The van der Waals surface area contributed by atoms with Crippen molar-refractivity contribution >= 4 is 23.5 Å². The molecule has 0 aromatic rings. The van der Waals surface area contributed by atoms with Gasteiger partial charge in [0, 0.05) is 20.5 Å². The molecule has 0 bridgehead atoms. The first-order chi connectivity index (χ1) is 5.24. The Morgan fingerprint density at radius 2 is 2.18 bits per heavy atom. The number of rotatable bonds is 0. The van der Waals surface area contributed by atoms with Gasteiger partial charge in [-0.2, -0.15) is 0 Å². The van der Waals surface area contributed by atoms with E-state index in [1.807, 2.05) is 7.05 Å². The van der Waals surface area contributed by atoms with Crippen LogP contribution in [0.2, 0.25) is 0 Å². The highest BCUT2D eigenvalue weighted by Gasteiger charge is 2.19. The summed E-state index contributed by atoms with van der Waals surface area (Å²) in [6, 6.07) is 0. The second-order valence-electron chi connectivity index (χ2n) is 1.95. The number of hydrogen-bond acceptors (Lipinski definition) is 2. The molecule has 64 valence electrons. The Labute approximate surface area is 71.2 Å². The van der Waals surface area contributed by atoms with Gasteiger partial charge in [-0.25, -0.2) is 0 Å². The van der Waals surface area contributed by atoms with Crippen LogP contribution in [0.3, 0.4) is 0 Å². The molecule has 1 aliphatic rings. The number of likely N-dealkylation sites (N-methyl/N-ethyl adjacent to an activating group) is 1. The zero-order chi connectivity index (χ0) is 8.85. The number of halogens is 1. The van der Waals surface area contributed by atoms with Gasteiger partial charge in [0.1, 0.15) is 0 Å². The highest BCUT2D eigenvalue weighted by Crippen LogP contribution is 1.91. The molecule has 1 fully saturated rings. The average molecular weight is 178 g/mol. The number of carbonyl (C=O) groups excluding carboxylic acids is 1. The molecule has 0 radical (unpaired) electrons. The van der Waals surface area contributed by atoms with Crippen molar-refractivity contribution in [3.05, 3.63) is 0 Å². The van der Waals surface area contributed by atoms with Crippen LogP contribution in [-0.4, -0.2) is 43.8 Å². The Kier molecular flexibility index (Phi) is 4.61. The smallest absolute Gasteiger partial charge is 0.246 e. The first-order valence-corrected chi connectivity index (χ1v) is 3.85. The van der Waals surface area contributed by atoms with Gasteiger partial charge in [-0.1, -0.05) is 0 Å². The first kappa shape index (κ1) is 10.2. The van der Waals surface area contributed by atoms with Crippen LogP contribution in [0.25, 0.3) is 0 Å². The summed E-state index contributed by atoms with van der Waals surface area (Å²) >= 11 is 4.64. The minimum absolute atomic E-state index is 0.0121. The molecule has 0 saturated carbocycles. The average Bonchev–Trinajstić information content (AvgIpc) is 2.33. The van der Waals surface area contributed by atoms with Gasteiger partial charge in [0.15, 0.2) is 0 Å². The lowest BCUT2D eigenvalue weighted by Crippen LogP contribution is -2.26. The van der Waals surface area contributed by atoms with Gasteiger partial charge in [0.25, 0.3) is 0 Å². The van der Waals surface area contributed by atoms with Crippen LogP contribution in [0.4, 0.5) is 0 Å². The van der Waals surface area contributed by atoms with Gasteiger partial charge in [0.2, 0.25) is 11.9 Å². The third-order valence-electron chi connectivity index (χ3n) is 1.21. The third kappa shape index (κ3) is 2.76. The zero-order valence-corrected chi connectivity index (χ0v) is 7.64. The summed E-state index contributed by atoms with van der Waals surface area (Å²) in [5, 5.41) is 2.59. The van der Waals surface area contributed by atoms with Gasteiger partial charge < -0.3 is 4.90 Å². The Bertz CT molecular complexity index is 169. The molecule has 0 atom stereocenters. The molecule has 11 heavy (non-hydrogen) atoms. The van der Waals surface area contributed by atoms with Crippen molar-refractivity contribution in [1.82, 2.24) is 10.2 Å². The number of nitrogens with zero attached hydrogens (tertiary/aromatic N) is 2. The van der Waals surface area contributed by atoms with Crippen LogP contribution in [0.1, 0.15) is 0 Å². The Morgan fingerprint density at radius 3 is 2.36 bits per heavy atom. The topological polar surface area (TPSA) is 44.7 Å². The number of amides is 1. The highest BCUT2D eigenvalue weighted by atomic mass is 35.5. The van der Waals surface area contributed by atoms with Crippen LogP contribution < -0.4 is 5.32 Å². The van der Waals surface area contributed by atoms with E-state index in [-0.39, 0.29) is 5.91 Å². The summed E-state index contributed by atoms with van der Waals surface area (Å²) < 4.78 is 0. The van der Waals surface area contributed by atoms with E-state index in [4.69, 9.17) is 0 Å². The molecular weight excluding hydrogens is 166 g/mol. The maximum Gasteiger partial charge on any atom is 0.246 e. The van der Waals surface area contributed by atoms with E-state index in [0.717, 1.165) is 0 Å². The van der Waals surface area contributed by atoms with E-state index < -0.39 is 0 Å². The van der Waals surface area contributed by atoms with Gasteiger partial charge in [0.05, 0.1) is 6.54 Å². The predicted octanol–water partition coefficient (Wildman–Crippen LogP) is -0.111. The summed E-state index contributed by atoms with van der Waals surface area (Å²) in [5.41, 5.74) is 0. The van der Waals surface area contributed by atoms with Gasteiger partial charge in [-0.05, 0) is 0 Å². The molecule has 0 unspecified atom stereocenters. The molecular formula is C6H12ClN3O. The lowest BCUT2D eigenvalue weighted by atomic mass is 10.6. The van der Waals surface area contributed by atoms with Crippen LogP contribution in [0.5, 0.6) is 0 Å². The van der Waals surface area contributed by atoms with Crippen molar-refractivity contribution in [2.75, 3.05) is 27.0 Å². The number of aliphatic imine (C=N–C) groups is 1. The molecule has 5 heteroatoms. The third-order valence-corrected chi connectivity index (χ3v) is 1.21. The van der Waals surface area contributed by atoms with Gasteiger partial charge >= 0.3 is 0 Å². The van der Waals surface area contributed by atoms with Crippen LogP contribution in [-0.2, 0) is 4.79 Å². The van der Waals surface area contributed by atoms with Crippen molar-refractivity contribution in [2.24, 2.45) is 4.99 Å². The first-order valence-electron chi connectivity index (χ1n) is 3.09. The number of hydrogen-bond donors (Lipinski definition) is 1. The molecule has 0 aromatic carbocycles. The van der Waals surface area contributed by atoms with Crippen LogP contribution >= 0.6 is 11.6 Å². The van der Waals surface area contributed by atoms with Crippen molar-refractivity contribution in [3.63, 3.8) is 0 Å². The zero-order valence-electron chi connectivity index (χ0n) is 6.89. The van der Waals surface area contributed by atoms with E-state index in [2.05, 4.69) is 21.9 Å². The summed E-state index contributed by atoms with van der Waals surface area (Å²) in [5.74, 6) is 0.665. The van der Waals surface area contributed by atoms with E-state index in [1.54, 1.807) is 11.9 Å².